The molecule has 0 unspecified atom stereocenters. The monoisotopic (exact) mass is 349 g/mol. The Balaban J connectivity index is 2.09. The van der Waals surface area contributed by atoms with Gasteiger partial charge in [0.05, 0.1) is 13.4 Å². The molecule has 24 heavy (non-hydrogen) atoms. The maximum atomic E-state index is 11.2. The summed E-state index contributed by atoms with van der Waals surface area (Å²) in [5.41, 5.74) is 7.02. The first-order valence-corrected chi connectivity index (χ1v) is 8.06. The van der Waals surface area contributed by atoms with Crippen LogP contribution in [0.5, 0.6) is 0 Å². The fourth-order valence-electron chi connectivity index (χ4n) is 2.32. The lowest BCUT2D eigenvalue weighted by Crippen LogP contribution is -2.27. The molecule has 3 aromatic heterocycles. The van der Waals surface area contributed by atoms with E-state index in [-0.39, 0.29) is 11.8 Å². The lowest BCUT2D eigenvalue weighted by Gasteiger charge is -2.07. The Morgan fingerprint density at radius 3 is 2.92 bits per heavy atom. The van der Waals surface area contributed by atoms with Gasteiger partial charge in [0.1, 0.15) is 10.5 Å². The first-order chi connectivity index (χ1) is 11.4. The maximum Gasteiger partial charge on any atom is 0.378 e. The molecule has 3 rings (SSSR count). The summed E-state index contributed by atoms with van der Waals surface area (Å²) in [6, 6.07) is 0. The topological polar surface area (TPSA) is 132 Å². The van der Waals surface area contributed by atoms with E-state index >= 15 is 0 Å². The number of aryl methyl sites for hydroxylation is 1. The Morgan fingerprint density at radius 1 is 1.50 bits per heavy atom. The minimum Gasteiger partial charge on any atom is -0.368 e. The summed E-state index contributed by atoms with van der Waals surface area (Å²) < 4.78 is 3.53. The molecule has 0 aliphatic heterocycles. The largest absolute Gasteiger partial charge is 0.378 e. The number of H-pyrrole nitrogens is 1. The zero-order valence-corrected chi connectivity index (χ0v) is 14.2. The Kier molecular flexibility index (Phi) is 4.09. The van der Waals surface area contributed by atoms with Crippen molar-refractivity contribution < 1.29 is 9.49 Å². The molecule has 0 amide bonds. The quantitative estimate of drug-likeness (QED) is 0.307. The Labute approximate surface area is 141 Å². The fraction of sp³-hybridized carbons (Fsp3) is 0.385. The highest BCUT2D eigenvalue weighted by Gasteiger charge is 2.25. The number of aromatic amines is 1. The number of rotatable bonds is 5. The average Bonchev–Trinajstić information content (AvgIpc) is 3.04. The SMILES string of the molecule is CC(C)Cn1cnc2c(Sc3c([N+](=O)[O-])[nH]c[n+]3C)nc(N)nc21. The van der Waals surface area contributed by atoms with Crippen molar-refractivity contribution in [3.63, 3.8) is 0 Å². The molecule has 3 N–H and O–H groups in total. The molecule has 11 heteroatoms. The number of nitrogens with two attached hydrogens (primary N) is 1. The molecule has 10 nitrogen and oxygen atoms in total. The standard InChI is InChI=1S/C13H16N8O2S/c1-7(2)4-20-6-15-8-9(20)17-13(14)18-11(8)24-12-10(21(22)23)16-5-19(12)3/h5-7H,4H2,1-3H3,(H2,14,17,18)/p+1. The van der Waals surface area contributed by atoms with Gasteiger partial charge in [-0.3, -0.25) is 0 Å². The number of anilines is 1. The van der Waals surface area contributed by atoms with Crippen molar-refractivity contribution >= 4 is 34.7 Å². The highest BCUT2D eigenvalue weighted by molar-refractivity contribution is 7.99. The third-order valence-corrected chi connectivity index (χ3v) is 4.46. The van der Waals surface area contributed by atoms with E-state index in [9.17, 15) is 10.1 Å². The van der Waals surface area contributed by atoms with Crippen LogP contribution in [0.2, 0.25) is 0 Å². The van der Waals surface area contributed by atoms with E-state index in [1.807, 2.05) is 4.57 Å². The van der Waals surface area contributed by atoms with Gasteiger partial charge >= 0.3 is 5.82 Å². The summed E-state index contributed by atoms with van der Waals surface area (Å²) in [5.74, 6) is 0.420. The molecule has 0 bridgehead atoms. The summed E-state index contributed by atoms with van der Waals surface area (Å²) in [4.78, 5) is 26.2. The van der Waals surface area contributed by atoms with Crippen LogP contribution in [0.25, 0.3) is 11.2 Å². The van der Waals surface area contributed by atoms with Gasteiger partial charge in [-0.15, -0.1) is 0 Å². The zero-order valence-electron chi connectivity index (χ0n) is 13.4. The van der Waals surface area contributed by atoms with Gasteiger partial charge < -0.3 is 20.4 Å². The smallest absolute Gasteiger partial charge is 0.368 e. The van der Waals surface area contributed by atoms with Crippen LogP contribution < -0.4 is 10.3 Å². The number of nitrogen functional groups attached to an aromatic ring is 1. The molecule has 0 saturated heterocycles. The second kappa shape index (κ2) is 6.07. The number of fused-ring (bicyclic) bond motifs is 1. The summed E-state index contributed by atoms with van der Waals surface area (Å²) >= 11 is 1.13. The molecular formula is C13H17N8O2S+. The molecular weight excluding hydrogens is 332 g/mol. The van der Waals surface area contributed by atoms with Gasteiger partial charge in [-0.05, 0) is 22.6 Å². The van der Waals surface area contributed by atoms with Crippen molar-refractivity contribution in [1.82, 2.24) is 24.5 Å². The molecule has 0 aromatic carbocycles. The number of aromatic nitrogens is 6. The van der Waals surface area contributed by atoms with Crippen LogP contribution in [-0.2, 0) is 13.6 Å². The average molecular weight is 349 g/mol. The Morgan fingerprint density at radius 2 is 2.25 bits per heavy atom. The molecule has 126 valence electrons. The van der Waals surface area contributed by atoms with Crippen molar-refractivity contribution in [3.05, 3.63) is 22.8 Å². The van der Waals surface area contributed by atoms with Crippen molar-refractivity contribution in [1.29, 1.82) is 0 Å². The highest BCUT2D eigenvalue weighted by Crippen LogP contribution is 2.33. The molecule has 3 aromatic rings. The van der Waals surface area contributed by atoms with Crippen LogP contribution in [0.15, 0.2) is 22.7 Å². The summed E-state index contributed by atoms with van der Waals surface area (Å²) in [7, 11) is 1.71. The molecule has 0 saturated carbocycles. The Bertz CT molecular complexity index is 916. The van der Waals surface area contributed by atoms with E-state index in [2.05, 4.69) is 33.8 Å². The number of nitro groups is 1. The first kappa shape index (κ1) is 16.2. The molecule has 0 radical (unpaired) electrons. The number of nitrogens with one attached hydrogen (secondary N) is 1. The fourth-order valence-corrected chi connectivity index (χ4v) is 3.31. The van der Waals surface area contributed by atoms with Crippen molar-refractivity contribution in [2.45, 2.75) is 30.4 Å². The third-order valence-electron chi connectivity index (χ3n) is 3.30. The van der Waals surface area contributed by atoms with E-state index in [0.29, 0.717) is 27.1 Å². The summed E-state index contributed by atoms with van der Waals surface area (Å²) in [6.07, 6.45) is 3.20. The summed E-state index contributed by atoms with van der Waals surface area (Å²) in [5, 5.41) is 12.1. The van der Waals surface area contributed by atoms with E-state index in [4.69, 9.17) is 5.73 Å². The maximum absolute atomic E-state index is 11.2. The van der Waals surface area contributed by atoms with Crippen molar-refractivity contribution in [3.8, 4) is 0 Å². The van der Waals surface area contributed by atoms with Crippen molar-refractivity contribution in [2.24, 2.45) is 13.0 Å². The molecule has 0 fully saturated rings. The minimum atomic E-state index is -0.471. The van der Waals surface area contributed by atoms with E-state index < -0.39 is 4.92 Å². The predicted molar refractivity (Wildman–Crippen MR) is 87.3 cm³/mol. The van der Waals surface area contributed by atoms with Gasteiger partial charge in [-0.2, -0.15) is 4.98 Å². The normalized spacial score (nSPS) is 11.5. The van der Waals surface area contributed by atoms with Crippen LogP contribution in [0.1, 0.15) is 13.8 Å². The molecule has 0 spiro atoms. The molecule has 0 aliphatic carbocycles. The van der Waals surface area contributed by atoms with E-state index in [1.54, 1.807) is 17.9 Å². The second-order valence-electron chi connectivity index (χ2n) is 5.75. The molecule has 0 aliphatic rings. The van der Waals surface area contributed by atoms with Crippen LogP contribution >= 0.6 is 11.8 Å². The lowest BCUT2D eigenvalue weighted by atomic mass is 10.2. The third kappa shape index (κ3) is 2.89. The van der Waals surface area contributed by atoms with Gasteiger partial charge in [0.25, 0.3) is 5.03 Å². The number of hydrogen-bond acceptors (Lipinski definition) is 7. The number of imidazole rings is 2. The van der Waals surface area contributed by atoms with Crippen LogP contribution in [0.3, 0.4) is 0 Å². The lowest BCUT2D eigenvalue weighted by molar-refractivity contribution is -0.708. The van der Waals surface area contributed by atoms with Gasteiger partial charge in [0, 0.05) is 6.54 Å². The second-order valence-corrected chi connectivity index (χ2v) is 6.72. The molecule has 3 heterocycles. The number of nitrogens with zero attached hydrogens (tertiary/aromatic N) is 6. The van der Waals surface area contributed by atoms with Gasteiger partial charge in [-0.1, -0.05) is 13.8 Å². The predicted octanol–water partition coefficient (Wildman–Crippen LogP) is 1.28. The van der Waals surface area contributed by atoms with Crippen molar-refractivity contribution in [2.75, 3.05) is 5.73 Å². The minimum absolute atomic E-state index is 0.102. The first-order valence-electron chi connectivity index (χ1n) is 7.24. The molecule has 0 atom stereocenters. The highest BCUT2D eigenvalue weighted by atomic mass is 32.2. The number of hydrogen-bond donors (Lipinski definition) is 2. The van der Waals surface area contributed by atoms with Crippen LogP contribution in [0, 0.1) is 16.0 Å². The van der Waals surface area contributed by atoms with Gasteiger partial charge in [-0.25, -0.2) is 19.5 Å². The van der Waals surface area contributed by atoms with Gasteiger partial charge in [0.15, 0.2) is 5.65 Å². The van der Waals surface area contributed by atoms with Crippen LogP contribution in [0.4, 0.5) is 11.8 Å². The van der Waals surface area contributed by atoms with E-state index in [0.717, 1.165) is 18.3 Å². The Hall–Kier alpha value is -2.69. The van der Waals surface area contributed by atoms with E-state index in [1.165, 1.54) is 6.33 Å². The zero-order chi connectivity index (χ0) is 17.4. The van der Waals surface area contributed by atoms with Gasteiger partial charge in [0.2, 0.25) is 12.3 Å². The van der Waals surface area contributed by atoms with Crippen LogP contribution in [-0.4, -0.2) is 29.4 Å². The summed E-state index contributed by atoms with van der Waals surface area (Å²) in [6.45, 7) is 4.93.